The van der Waals surface area contributed by atoms with Gasteiger partial charge in [0.05, 0.1) is 5.71 Å². The summed E-state index contributed by atoms with van der Waals surface area (Å²) in [5, 5.41) is 3.86. The van der Waals surface area contributed by atoms with Crippen LogP contribution in [0.25, 0.3) is 0 Å². The zero-order valence-corrected chi connectivity index (χ0v) is 11.5. The van der Waals surface area contributed by atoms with Crippen molar-refractivity contribution in [1.82, 2.24) is 0 Å². The molecule has 1 rings (SSSR count). The fourth-order valence-corrected chi connectivity index (χ4v) is 1.91. The summed E-state index contributed by atoms with van der Waals surface area (Å²) in [7, 11) is 1.48. The second-order valence-electron chi connectivity index (χ2n) is 5.69. The molecule has 0 aromatic heterocycles. The molecular formula is C12H23N3O3. The SMILES string of the molecule is CON=C1CCC(N)(C(=O)OC(C)(C)C)C(N)C1. The first-order valence-electron chi connectivity index (χ1n) is 6.06. The molecule has 2 atom stereocenters. The molecule has 6 heteroatoms. The van der Waals surface area contributed by atoms with Crippen LogP contribution in [0.5, 0.6) is 0 Å². The average molecular weight is 257 g/mol. The molecule has 0 bridgehead atoms. The maximum atomic E-state index is 12.1. The van der Waals surface area contributed by atoms with Crippen molar-refractivity contribution in [3.63, 3.8) is 0 Å². The van der Waals surface area contributed by atoms with E-state index in [1.54, 1.807) is 20.8 Å². The van der Waals surface area contributed by atoms with Crippen molar-refractivity contribution in [3.8, 4) is 0 Å². The second-order valence-corrected chi connectivity index (χ2v) is 5.69. The van der Waals surface area contributed by atoms with Gasteiger partial charge < -0.3 is 21.0 Å². The van der Waals surface area contributed by atoms with Crippen LogP contribution in [-0.2, 0) is 14.4 Å². The lowest BCUT2D eigenvalue weighted by Gasteiger charge is -2.38. The Bertz CT molecular complexity index is 349. The Balaban J connectivity index is 2.76. The molecule has 1 aliphatic carbocycles. The molecule has 18 heavy (non-hydrogen) atoms. The van der Waals surface area contributed by atoms with E-state index in [1.165, 1.54) is 7.11 Å². The molecule has 0 aromatic carbocycles. The largest absolute Gasteiger partial charge is 0.459 e. The lowest BCUT2D eigenvalue weighted by molar-refractivity contribution is -0.163. The molecule has 0 aromatic rings. The standard InChI is InChI=1S/C12H23N3O3/c1-11(2,3)18-10(16)12(14)6-5-8(15-17-4)7-9(12)13/h9H,5-7,13-14H2,1-4H3. The zero-order chi connectivity index (χ0) is 14.0. The minimum atomic E-state index is -1.14. The van der Waals surface area contributed by atoms with Gasteiger partial charge in [-0.25, -0.2) is 4.79 Å². The van der Waals surface area contributed by atoms with Gasteiger partial charge in [-0.05, 0) is 33.6 Å². The van der Waals surface area contributed by atoms with Crippen molar-refractivity contribution in [2.24, 2.45) is 16.6 Å². The monoisotopic (exact) mass is 257 g/mol. The Labute approximate surface area is 108 Å². The van der Waals surface area contributed by atoms with Crippen LogP contribution in [0.4, 0.5) is 0 Å². The number of carbonyl (C=O) groups excluding carboxylic acids is 1. The molecule has 1 saturated carbocycles. The van der Waals surface area contributed by atoms with Crippen molar-refractivity contribution < 1.29 is 14.4 Å². The molecule has 1 fully saturated rings. The van der Waals surface area contributed by atoms with Gasteiger partial charge in [0.15, 0.2) is 0 Å². The second kappa shape index (κ2) is 5.24. The molecule has 1 aliphatic rings. The van der Waals surface area contributed by atoms with Gasteiger partial charge in [0.1, 0.15) is 18.2 Å². The minimum Gasteiger partial charge on any atom is -0.459 e. The van der Waals surface area contributed by atoms with E-state index in [-0.39, 0.29) is 0 Å². The van der Waals surface area contributed by atoms with Crippen molar-refractivity contribution in [3.05, 3.63) is 0 Å². The zero-order valence-electron chi connectivity index (χ0n) is 11.5. The molecule has 0 aliphatic heterocycles. The summed E-state index contributed by atoms with van der Waals surface area (Å²) < 4.78 is 5.33. The smallest absolute Gasteiger partial charge is 0.328 e. The molecule has 104 valence electrons. The Morgan fingerprint density at radius 1 is 1.50 bits per heavy atom. The van der Waals surface area contributed by atoms with Crippen LogP contribution in [0.2, 0.25) is 0 Å². The molecule has 0 heterocycles. The van der Waals surface area contributed by atoms with Crippen molar-refractivity contribution in [2.45, 2.75) is 57.2 Å². The van der Waals surface area contributed by atoms with E-state index in [0.29, 0.717) is 19.3 Å². The van der Waals surface area contributed by atoms with Crippen LogP contribution in [0, 0.1) is 0 Å². The quantitative estimate of drug-likeness (QED) is 0.555. The number of ether oxygens (including phenoxy) is 1. The number of esters is 1. The maximum Gasteiger partial charge on any atom is 0.328 e. The highest BCUT2D eigenvalue weighted by Crippen LogP contribution is 2.27. The lowest BCUT2D eigenvalue weighted by atomic mass is 9.77. The van der Waals surface area contributed by atoms with Crippen LogP contribution >= 0.6 is 0 Å². The van der Waals surface area contributed by atoms with E-state index < -0.39 is 23.2 Å². The maximum absolute atomic E-state index is 12.1. The highest BCUT2D eigenvalue weighted by atomic mass is 16.6. The summed E-state index contributed by atoms with van der Waals surface area (Å²) in [6, 6.07) is -0.505. The van der Waals surface area contributed by atoms with Gasteiger partial charge >= 0.3 is 5.97 Å². The summed E-state index contributed by atoms with van der Waals surface area (Å²) in [5.41, 5.74) is 11.2. The summed E-state index contributed by atoms with van der Waals surface area (Å²) in [6.07, 6.45) is 1.46. The predicted octanol–water partition coefficient (Wildman–Crippen LogP) is 0.539. The highest BCUT2D eigenvalue weighted by molar-refractivity contribution is 5.91. The molecule has 4 N–H and O–H groups in total. The van der Waals surface area contributed by atoms with Gasteiger partial charge in [0.25, 0.3) is 0 Å². The van der Waals surface area contributed by atoms with Crippen LogP contribution in [0.1, 0.15) is 40.0 Å². The van der Waals surface area contributed by atoms with Gasteiger partial charge in [-0.3, -0.25) is 0 Å². The van der Waals surface area contributed by atoms with Crippen molar-refractivity contribution in [1.29, 1.82) is 0 Å². The van der Waals surface area contributed by atoms with E-state index in [0.717, 1.165) is 5.71 Å². The summed E-state index contributed by atoms with van der Waals surface area (Å²) in [6.45, 7) is 5.42. The van der Waals surface area contributed by atoms with E-state index in [1.807, 2.05) is 0 Å². The van der Waals surface area contributed by atoms with Gasteiger partial charge in [-0.1, -0.05) is 5.16 Å². The van der Waals surface area contributed by atoms with Gasteiger partial charge in [0, 0.05) is 12.5 Å². The Morgan fingerprint density at radius 3 is 2.56 bits per heavy atom. The molecule has 0 saturated heterocycles. The molecule has 0 spiro atoms. The molecule has 2 unspecified atom stereocenters. The average Bonchev–Trinajstić information content (AvgIpc) is 2.21. The van der Waals surface area contributed by atoms with E-state index in [9.17, 15) is 4.79 Å². The number of nitrogens with zero attached hydrogens (tertiary/aromatic N) is 1. The van der Waals surface area contributed by atoms with E-state index in [4.69, 9.17) is 21.0 Å². The first-order chi connectivity index (χ1) is 8.19. The Hall–Kier alpha value is -1.14. The van der Waals surface area contributed by atoms with Crippen LogP contribution < -0.4 is 11.5 Å². The number of nitrogens with two attached hydrogens (primary N) is 2. The summed E-state index contributed by atoms with van der Waals surface area (Å²) >= 11 is 0. The molecule has 0 amide bonds. The summed E-state index contributed by atoms with van der Waals surface area (Å²) in [4.78, 5) is 16.8. The van der Waals surface area contributed by atoms with Crippen LogP contribution in [-0.4, -0.2) is 36.0 Å². The molecule has 6 nitrogen and oxygen atoms in total. The van der Waals surface area contributed by atoms with Crippen LogP contribution in [0.3, 0.4) is 0 Å². The first-order valence-corrected chi connectivity index (χ1v) is 6.06. The number of carbonyl (C=O) groups is 1. The normalized spacial score (nSPS) is 31.2. The fourth-order valence-electron chi connectivity index (χ4n) is 1.91. The Morgan fingerprint density at radius 2 is 2.11 bits per heavy atom. The van der Waals surface area contributed by atoms with Crippen molar-refractivity contribution in [2.75, 3.05) is 7.11 Å². The lowest BCUT2D eigenvalue weighted by Crippen LogP contribution is -2.64. The minimum absolute atomic E-state index is 0.422. The van der Waals surface area contributed by atoms with Gasteiger partial charge in [-0.2, -0.15) is 0 Å². The van der Waals surface area contributed by atoms with E-state index >= 15 is 0 Å². The van der Waals surface area contributed by atoms with Crippen molar-refractivity contribution >= 4 is 11.7 Å². The molecular weight excluding hydrogens is 234 g/mol. The number of oxime groups is 1. The molecule has 0 radical (unpaired) electrons. The third-order valence-corrected chi connectivity index (χ3v) is 2.94. The fraction of sp³-hybridized carbons (Fsp3) is 0.833. The third-order valence-electron chi connectivity index (χ3n) is 2.94. The summed E-state index contributed by atoms with van der Waals surface area (Å²) in [5.74, 6) is -0.445. The Kier molecular flexibility index (Phi) is 4.34. The van der Waals surface area contributed by atoms with E-state index in [2.05, 4.69) is 5.16 Å². The van der Waals surface area contributed by atoms with Crippen LogP contribution in [0.15, 0.2) is 5.16 Å². The first kappa shape index (κ1) is 14.9. The third kappa shape index (κ3) is 3.43. The van der Waals surface area contributed by atoms with Gasteiger partial charge in [0.2, 0.25) is 0 Å². The number of hydrogen-bond acceptors (Lipinski definition) is 6. The highest BCUT2D eigenvalue weighted by Gasteiger charge is 2.46. The number of rotatable bonds is 2. The predicted molar refractivity (Wildman–Crippen MR) is 69.0 cm³/mol. The topological polar surface area (TPSA) is 99.9 Å². The number of hydrogen-bond donors (Lipinski definition) is 2. The van der Waals surface area contributed by atoms with Gasteiger partial charge in [-0.15, -0.1) is 0 Å².